The van der Waals surface area contributed by atoms with Gasteiger partial charge in [-0.15, -0.1) is 16.4 Å². The number of carboxylic acids is 1. The van der Waals surface area contributed by atoms with Gasteiger partial charge in [-0.05, 0) is 0 Å². The van der Waals surface area contributed by atoms with E-state index in [-0.39, 0.29) is 6.42 Å². The van der Waals surface area contributed by atoms with Gasteiger partial charge in [-0.3, -0.25) is 4.79 Å². The van der Waals surface area contributed by atoms with Gasteiger partial charge in [-0.25, -0.2) is 4.98 Å². The van der Waals surface area contributed by atoms with Crippen molar-refractivity contribution >= 4 is 17.3 Å². The third kappa shape index (κ3) is 2.38. The Morgan fingerprint density at radius 2 is 2.47 bits per heavy atom. The molecule has 0 bridgehead atoms. The van der Waals surface area contributed by atoms with E-state index in [1.165, 1.54) is 11.3 Å². The highest BCUT2D eigenvalue weighted by Crippen LogP contribution is 2.10. The second-order valence-corrected chi connectivity index (χ2v) is 3.74. The molecule has 0 saturated carbocycles. The van der Waals surface area contributed by atoms with Crippen molar-refractivity contribution in [1.82, 2.24) is 20.0 Å². The van der Waals surface area contributed by atoms with Crippen molar-refractivity contribution in [3.05, 3.63) is 23.5 Å². The van der Waals surface area contributed by atoms with Gasteiger partial charge in [-0.1, -0.05) is 5.21 Å². The van der Waals surface area contributed by atoms with Crippen LogP contribution >= 0.6 is 11.3 Å². The standard InChI is InChI=1S/C8H8N4O2S/c13-7(14)2-1-6-5-12(11-10-6)8-9-3-4-15-8/h3-5H,1-2H2,(H,13,14). The molecular weight excluding hydrogens is 216 g/mol. The van der Waals surface area contributed by atoms with Crippen LogP contribution in [0.3, 0.4) is 0 Å². The number of hydrogen-bond donors (Lipinski definition) is 1. The fourth-order valence-electron chi connectivity index (χ4n) is 1.07. The maximum absolute atomic E-state index is 10.3. The third-order valence-corrected chi connectivity index (χ3v) is 2.51. The lowest BCUT2D eigenvalue weighted by molar-refractivity contribution is -0.136. The number of aromatic nitrogens is 4. The molecule has 78 valence electrons. The first kappa shape index (κ1) is 9.78. The molecule has 2 rings (SSSR count). The van der Waals surface area contributed by atoms with E-state index in [0.717, 1.165) is 5.13 Å². The SMILES string of the molecule is O=C(O)CCc1cn(-c2nccs2)nn1. The molecule has 7 heteroatoms. The number of hydrogen-bond acceptors (Lipinski definition) is 5. The van der Waals surface area contributed by atoms with Gasteiger partial charge in [0.05, 0.1) is 18.3 Å². The number of rotatable bonds is 4. The summed E-state index contributed by atoms with van der Waals surface area (Å²) in [5.74, 6) is -0.834. The number of carbonyl (C=O) groups is 1. The van der Waals surface area contributed by atoms with Gasteiger partial charge in [-0.2, -0.15) is 4.68 Å². The van der Waals surface area contributed by atoms with Gasteiger partial charge in [0.15, 0.2) is 0 Å². The number of carboxylic acid groups (broad SMARTS) is 1. The van der Waals surface area contributed by atoms with Gasteiger partial charge in [0.2, 0.25) is 5.13 Å². The van der Waals surface area contributed by atoms with Crippen LogP contribution in [0.25, 0.3) is 5.13 Å². The summed E-state index contributed by atoms with van der Waals surface area (Å²) >= 11 is 1.45. The Labute approximate surface area is 89.2 Å². The quantitative estimate of drug-likeness (QED) is 0.828. The predicted octanol–water partition coefficient (Wildman–Crippen LogP) is 0.741. The number of thiazole rings is 1. The normalized spacial score (nSPS) is 10.4. The molecule has 0 fully saturated rings. The van der Waals surface area contributed by atoms with Crippen molar-refractivity contribution in [2.45, 2.75) is 12.8 Å². The average Bonchev–Trinajstić information content (AvgIpc) is 2.85. The van der Waals surface area contributed by atoms with Gasteiger partial charge in [0, 0.05) is 18.0 Å². The van der Waals surface area contributed by atoms with E-state index >= 15 is 0 Å². The molecule has 2 heterocycles. The summed E-state index contributed by atoms with van der Waals surface area (Å²) in [6.07, 6.45) is 3.83. The van der Waals surface area contributed by atoms with Crippen LogP contribution in [-0.4, -0.2) is 31.1 Å². The zero-order valence-electron chi connectivity index (χ0n) is 7.70. The van der Waals surface area contributed by atoms with Crippen LogP contribution < -0.4 is 0 Å². The Morgan fingerprint density at radius 3 is 3.13 bits per heavy atom. The van der Waals surface area contributed by atoms with Crippen LogP contribution in [-0.2, 0) is 11.2 Å². The van der Waals surface area contributed by atoms with E-state index in [9.17, 15) is 4.79 Å². The van der Waals surface area contributed by atoms with Gasteiger partial charge in [0.1, 0.15) is 0 Å². The summed E-state index contributed by atoms with van der Waals surface area (Å²) in [6, 6.07) is 0. The van der Waals surface area contributed by atoms with Crippen LogP contribution in [0.4, 0.5) is 0 Å². The van der Waals surface area contributed by atoms with E-state index in [0.29, 0.717) is 12.1 Å². The molecule has 1 N–H and O–H groups in total. The molecule has 0 aliphatic rings. The maximum Gasteiger partial charge on any atom is 0.303 e. The molecule has 0 aromatic carbocycles. The average molecular weight is 224 g/mol. The lowest BCUT2D eigenvalue weighted by Gasteiger charge is -1.90. The molecule has 0 spiro atoms. The van der Waals surface area contributed by atoms with Crippen molar-refractivity contribution in [3.8, 4) is 5.13 Å². The van der Waals surface area contributed by atoms with Crippen LogP contribution in [0.15, 0.2) is 17.8 Å². The topological polar surface area (TPSA) is 80.9 Å². The molecule has 0 aliphatic heterocycles. The molecule has 0 atom stereocenters. The van der Waals surface area contributed by atoms with E-state index < -0.39 is 5.97 Å². The molecule has 0 aliphatic carbocycles. The third-order valence-electron chi connectivity index (χ3n) is 1.75. The minimum Gasteiger partial charge on any atom is -0.481 e. The summed E-state index contributed by atoms with van der Waals surface area (Å²) in [7, 11) is 0. The van der Waals surface area contributed by atoms with E-state index in [1.54, 1.807) is 17.1 Å². The fourth-order valence-corrected chi connectivity index (χ4v) is 1.63. The molecule has 0 saturated heterocycles. The number of aryl methyl sites for hydroxylation is 1. The van der Waals surface area contributed by atoms with Crippen molar-refractivity contribution in [2.24, 2.45) is 0 Å². The van der Waals surface area contributed by atoms with E-state index in [1.807, 2.05) is 5.38 Å². The van der Waals surface area contributed by atoms with Crippen molar-refractivity contribution < 1.29 is 9.90 Å². The van der Waals surface area contributed by atoms with Crippen LogP contribution in [0.5, 0.6) is 0 Å². The first-order valence-corrected chi connectivity index (χ1v) is 5.16. The largest absolute Gasteiger partial charge is 0.481 e. The zero-order valence-corrected chi connectivity index (χ0v) is 8.52. The lowest BCUT2D eigenvalue weighted by Crippen LogP contribution is -1.97. The summed E-state index contributed by atoms with van der Waals surface area (Å²) in [5.41, 5.74) is 0.660. The second kappa shape index (κ2) is 4.18. The molecule has 0 unspecified atom stereocenters. The molecule has 15 heavy (non-hydrogen) atoms. The molecule has 0 amide bonds. The summed E-state index contributed by atoms with van der Waals surface area (Å²) < 4.78 is 1.54. The first-order chi connectivity index (χ1) is 7.25. The molecule has 6 nitrogen and oxygen atoms in total. The second-order valence-electron chi connectivity index (χ2n) is 2.86. The van der Waals surface area contributed by atoms with Crippen LogP contribution in [0, 0.1) is 0 Å². The summed E-state index contributed by atoms with van der Waals surface area (Å²) in [6.45, 7) is 0. The molecule has 2 aromatic heterocycles. The Hall–Kier alpha value is -1.76. The van der Waals surface area contributed by atoms with Crippen LogP contribution in [0.2, 0.25) is 0 Å². The van der Waals surface area contributed by atoms with Crippen molar-refractivity contribution in [2.75, 3.05) is 0 Å². The minimum atomic E-state index is -0.834. The smallest absolute Gasteiger partial charge is 0.303 e. The number of nitrogens with zero attached hydrogens (tertiary/aromatic N) is 4. The highest BCUT2D eigenvalue weighted by Gasteiger charge is 2.06. The Kier molecular flexibility index (Phi) is 2.72. The van der Waals surface area contributed by atoms with Gasteiger partial charge >= 0.3 is 5.97 Å². The number of aliphatic carboxylic acids is 1. The Balaban J connectivity index is 2.08. The lowest BCUT2D eigenvalue weighted by atomic mass is 10.2. The molecular formula is C8H8N4O2S. The highest BCUT2D eigenvalue weighted by atomic mass is 32.1. The Bertz CT molecular complexity index is 451. The van der Waals surface area contributed by atoms with Gasteiger partial charge in [0.25, 0.3) is 0 Å². The monoisotopic (exact) mass is 224 g/mol. The maximum atomic E-state index is 10.3. The van der Waals surface area contributed by atoms with Gasteiger partial charge < -0.3 is 5.11 Å². The fraction of sp³-hybridized carbons (Fsp3) is 0.250. The van der Waals surface area contributed by atoms with Crippen LogP contribution in [0.1, 0.15) is 12.1 Å². The van der Waals surface area contributed by atoms with E-state index in [2.05, 4.69) is 15.3 Å². The minimum absolute atomic E-state index is 0.0660. The Morgan fingerprint density at radius 1 is 1.60 bits per heavy atom. The van der Waals surface area contributed by atoms with Crippen molar-refractivity contribution in [1.29, 1.82) is 0 Å². The predicted molar refractivity (Wildman–Crippen MR) is 53.0 cm³/mol. The first-order valence-electron chi connectivity index (χ1n) is 4.28. The zero-order chi connectivity index (χ0) is 10.7. The summed E-state index contributed by atoms with van der Waals surface area (Å²) in [4.78, 5) is 14.4. The van der Waals surface area contributed by atoms with Crippen molar-refractivity contribution in [3.63, 3.8) is 0 Å². The highest BCUT2D eigenvalue weighted by molar-refractivity contribution is 7.12. The molecule has 0 radical (unpaired) electrons. The summed E-state index contributed by atoms with van der Waals surface area (Å²) in [5, 5.41) is 18.8. The van der Waals surface area contributed by atoms with E-state index in [4.69, 9.17) is 5.11 Å². The molecule has 2 aromatic rings.